The van der Waals surface area contributed by atoms with Crippen molar-refractivity contribution in [1.82, 2.24) is 0 Å². The molecule has 0 spiro atoms. The van der Waals surface area contributed by atoms with Crippen LogP contribution in [-0.2, 0) is 0 Å². The summed E-state index contributed by atoms with van der Waals surface area (Å²) in [7, 11) is 0. The molecule has 2 aromatic rings. The van der Waals surface area contributed by atoms with Crippen LogP contribution in [0.2, 0.25) is 10.0 Å². The van der Waals surface area contributed by atoms with Gasteiger partial charge in [0.25, 0.3) is 5.91 Å². The van der Waals surface area contributed by atoms with Crippen molar-refractivity contribution in [3.05, 3.63) is 56.2 Å². The maximum Gasteiger partial charge on any atom is 0.257 e. The molecule has 0 aliphatic rings. The molecule has 0 heterocycles. The van der Waals surface area contributed by atoms with Gasteiger partial charge in [-0.1, -0.05) is 39.1 Å². The number of carbonyl (C=O) groups excluding carboxylic acids is 1. The lowest BCUT2D eigenvalue weighted by atomic mass is 10.1. The number of rotatable bonds is 2. The molecule has 0 atom stereocenters. The van der Waals surface area contributed by atoms with Gasteiger partial charge in [-0.05, 0) is 30.3 Å². The second-order valence-corrected chi connectivity index (χ2v) is 5.64. The zero-order valence-electron chi connectivity index (χ0n) is 9.88. The zero-order valence-corrected chi connectivity index (χ0v) is 13.0. The van der Waals surface area contributed by atoms with Crippen molar-refractivity contribution >= 4 is 56.4 Å². The number of nitrogens with two attached hydrogens (primary N) is 1. The number of halogens is 4. The third kappa shape index (κ3) is 3.23. The first-order valence-electron chi connectivity index (χ1n) is 5.39. The minimum Gasteiger partial charge on any atom is -0.399 e. The van der Waals surface area contributed by atoms with Crippen molar-refractivity contribution in [1.29, 1.82) is 0 Å². The largest absolute Gasteiger partial charge is 0.399 e. The third-order valence-corrected chi connectivity index (χ3v) is 3.77. The Morgan fingerprint density at radius 1 is 1.25 bits per heavy atom. The van der Waals surface area contributed by atoms with Gasteiger partial charge in [-0.25, -0.2) is 4.39 Å². The van der Waals surface area contributed by atoms with Crippen LogP contribution in [0, 0.1) is 5.82 Å². The summed E-state index contributed by atoms with van der Waals surface area (Å²) in [5.41, 5.74) is 6.02. The summed E-state index contributed by atoms with van der Waals surface area (Å²) in [5.74, 6) is -1.16. The van der Waals surface area contributed by atoms with Gasteiger partial charge in [-0.3, -0.25) is 4.79 Å². The average Bonchev–Trinajstić information content (AvgIpc) is 2.37. The number of benzene rings is 2. The molecule has 0 bridgehead atoms. The minimum atomic E-state index is -0.592. The number of amides is 1. The molecule has 2 aromatic carbocycles. The van der Waals surface area contributed by atoms with E-state index in [1.54, 1.807) is 6.07 Å². The van der Waals surface area contributed by atoms with Gasteiger partial charge in [0.1, 0.15) is 5.82 Å². The molecule has 3 N–H and O–H groups in total. The molecule has 104 valence electrons. The van der Waals surface area contributed by atoms with Crippen LogP contribution in [0.25, 0.3) is 0 Å². The van der Waals surface area contributed by atoms with Gasteiger partial charge >= 0.3 is 0 Å². The summed E-state index contributed by atoms with van der Waals surface area (Å²) in [6, 6.07) is 7.08. The van der Waals surface area contributed by atoms with E-state index in [-0.39, 0.29) is 21.3 Å². The highest BCUT2D eigenvalue weighted by molar-refractivity contribution is 9.10. The summed E-state index contributed by atoms with van der Waals surface area (Å²) in [4.78, 5) is 12.1. The van der Waals surface area contributed by atoms with Gasteiger partial charge < -0.3 is 11.1 Å². The highest BCUT2D eigenvalue weighted by atomic mass is 79.9. The fourth-order valence-corrected chi connectivity index (χ4v) is 2.31. The molecule has 0 fully saturated rings. The van der Waals surface area contributed by atoms with Crippen molar-refractivity contribution in [2.24, 2.45) is 0 Å². The molecule has 0 aliphatic heterocycles. The second kappa shape index (κ2) is 5.99. The first-order chi connectivity index (χ1) is 9.38. The van der Waals surface area contributed by atoms with Crippen LogP contribution in [0.5, 0.6) is 0 Å². The number of nitrogens with one attached hydrogen (secondary N) is 1. The predicted octanol–water partition coefficient (Wildman–Crippen LogP) is 4.73. The molecule has 0 radical (unpaired) electrons. The van der Waals surface area contributed by atoms with E-state index in [1.807, 2.05) is 0 Å². The molecule has 0 saturated carbocycles. The van der Waals surface area contributed by atoms with Crippen LogP contribution in [0.1, 0.15) is 10.4 Å². The van der Waals surface area contributed by atoms with Crippen LogP contribution in [-0.4, -0.2) is 5.91 Å². The maximum atomic E-state index is 13.7. The minimum absolute atomic E-state index is 0.0350. The summed E-state index contributed by atoms with van der Waals surface area (Å²) in [6.07, 6.45) is 0. The molecule has 3 nitrogen and oxygen atoms in total. The Hall–Kier alpha value is -1.30. The number of nitrogen functional groups attached to an aromatic ring is 1. The van der Waals surface area contributed by atoms with Gasteiger partial charge in [0.2, 0.25) is 0 Å². The lowest BCUT2D eigenvalue weighted by Crippen LogP contribution is -2.14. The Kier molecular flexibility index (Phi) is 4.52. The quantitative estimate of drug-likeness (QED) is 0.743. The van der Waals surface area contributed by atoms with E-state index in [9.17, 15) is 9.18 Å². The van der Waals surface area contributed by atoms with E-state index < -0.39 is 11.7 Å². The molecule has 0 unspecified atom stereocenters. The Morgan fingerprint density at radius 2 is 1.95 bits per heavy atom. The van der Waals surface area contributed by atoms with Gasteiger partial charge in [-0.2, -0.15) is 0 Å². The Balaban J connectivity index is 2.33. The van der Waals surface area contributed by atoms with E-state index in [0.29, 0.717) is 10.2 Å². The lowest BCUT2D eigenvalue weighted by molar-refractivity contribution is 0.102. The fourth-order valence-electron chi connectivity index (χ4n) is 1.56. The van der Waals surface area contributed by atoms with E-state index in [4.69, 9.17) is 28.9 Å². The first kappa shape index (κ1) is 15.1. The Labute approximate surface area is 133 Å². The van der Waals surface area contributed by atoms with E-state index >= 15 is 0 Å². The van der Waals surface area contributed by atoms with Crippen molar-refractivity contribution in [3.8, 4) is 0 Å². The molecule has 0 aliphatic carbocycles. The lowest BCUT2D eigenvalue weighted by Gasteiger charge is -2.09. The van der Waals surface area contributed by atoms with Crippen LogP contribution in [0.4, 0.5) is 15.8 Å². The molecule has 1 amide bonds. The van der Waals surface area contributed by atoms with Crippen LogP contribution in [0.3, 0.4) is 0 Å². The van der Waals surface area contributed by atoms with E-state index in [2.05, 4.69) is 21.2 Å². The molecule has 0 saturated heterocycles. The number of anilines is 2. The smallest absolute Gasteiger partial charge is 0.257 e. The summed E-state index contributed by atoms with van der Waals surface area (Å²) < 4.78 is 14.2. The zero-order chi connectivity index (χ0) is 14.9. The normalized spacial score (nSPS) is 10.4. The van der Waals surface area contributed by atoms with Crippen molar-refractivity contribution < 1.29 is 9.18 Å². The highest BCUT2D eigenvalue weighted by Gasteiger charge is 2.16. The van der Waals surface area contributed by atoms with Gasteiger partial charge in [0.15, 0.2) is 0 Å². The van der Waals surface area contributed by atoms with Crippen LogP contribution >= 0.6 is 39.1 Å². The number of carbonyl (C=O) groups is 1. The summed E-state index contributed by atoms with van der Waals surface area (Å²) in [5, 5.41) is 2.64. The molecule has 20 heavy (non-hydrogen) atoms. The molecular formula is C13H8BrCl2FN2O. The summed E-state index contributed by atoms with van der Waals surface area (Å²) in [6.45, 7) is 0. The van der Waals surface area contributed by atoms with E-state index in [0.717, 1.165) is 0 Å². The molecule has 7 heteroatoms. The maximum absolute atomic E-state index is 13.7. The van der Waals surface area contributed by atoms with E-state index in [1.165, 1.54) is 24.3 Å². The van der Waals surface area contributed by atoms with Gasteiger partial charge in [0.05, 0.1) is 21.3 Å². The standard InChI is InChI=1S/C13H8BrCl2FN2O/c14-6-1-2-11(10(17)3-6)19-13(20)8-4-7(18)5-9(15)12(8)16/h1-5H,18H2,(H,19,20). The monoisotopic (exact) mass is 376 g/mol. The SMILES string of the molecule is Nc1cc(Cl)c(Cl)c(C(=O)Nc2ccc(Br)cc2F)c1. The molecule has 2 rings (SSSR count). The van der Waals surface area contributed by atoms with Crippen molar-refractivity contribution in [2.45, 2.75) is 0 Å². The van der Waals surface area contributed by atoms with Crippen molar-refractivity contribution in [2.75, 3.05) is 11.1 Å². The topological polar surface area (TPSA) is 55.1 Å². The number of hydrogen-bond donors (Lipinski definition) is 2. The second-order valence-electron chi connectivity index (χ2n) is 3.94. The van der Waals surface area contributed by atoms with Crippen molar-refractivity contribution in [3.63, 3.8) is 0 Å². The molecular weight excluding hydrogens is 370 g/mol. The predicted molar refractivity (Wildman–Crippen MR) is 82.9 cm³/mol. The average molecular weight is 378 g/mol. The molecule has 0 aromatic heterocycles. The Bertz CT molecular complexity index is 694. The van der Waals surface area contributed by atoms with Gasteiger partial charge in [0, 0.05) is 10.2 Å². The number of hydrogen-bond acceptors (Lipinski definition) is 2. The van der Waals surface area contributed by atoms with Crippen LogP contribution in [0.15, 0.2) is 34.8 Å². The van der Waals surface area contributed by atoms with Crippen LogP contribution < -0.4 is 11.1 Å². The Morgan fingerprint density at radius 3 is 2.60 bits per heavy atom. The van der Waals surface area contributed by atoms with Gasteiger partial charge in [-0.15, -0.1) is 0 Å². The summed E-state index contributed by atoms with van der Waals surface area (Å²) >= 11 is 14.9. The first-order valence-corrected chi connectivity index (χ1v) is 6.94. The third-order valence-electron chi connectivity index (χ3n) is 2.47. The fraction of sp³-hybridized carbons (Fsp3) is 0. The highest BCUT2D eigenvalue weighted by Crippen LogP contribution is 2.29.